The number of piperidine rings is 1. The molecule has 0 aliphatic carbocycles. The lowest BCUT2D eigenvalue weighted by Crippen LogP contribution is -2.38. The number of benzene rings is 2. The minimum atomic E-state index is -0.422. The van der Waals surface area contributed by atoms with Crippen LogP contribution in [0.25, 0.3) is 11.1 Å². The van der Waals surface area contributed by atoms with E-state index in [4.69, 9.17) is 0 Å². The number of aromatic hydroxyl groups is 1. The van der Waals surface area contributed by atoms with Gasteiger partial charge in [-0.25, -0.2) is 9.37 Å². The molecule has 2 heterocycles. The highest BCUT2D eigenvalue weighted by atomic mass is 32.2. The summed E-state index contributed by atoms with van der Waals surface area (Å²) in [6.07, 6.45) is 3.59. The summed E-state index contributed by atoms with van der Waals surface area (Å²) in [6.45, 7) is 1.41. The van der Waals surface area contributed by atoms with Gasteiger partial charge in [-0.2, -0.15) is 11.8 Å². The zero-order valence-electron chi connectivity index (χ0n) is 18.1. The third-order valence-corrected chi connectivity index (χ3v) is 7.17. The summed E-state index contributed by atoms with van der Waals surface area (Å²) >= 11 is 2.98. The van der Waals surface area contributed by atoms with E-state index in [2.05, 4.69) is 10.3 Å². The first kappa shape index (κ1) is 23.3. The van der Waals surface area contributed by atoms with Crippen LogP contribution in [0.15, 0.2) is 47.8 Å². The zero-order valence-corrected chi connectivity index (χ0v) is 19.7. The number of halogens is 1. The summed E-state index contributed by atoms with van der Waals surface area (Å²) in [7, 11) is 0. The van der Waals surface area contributed by atoms with Crippen LogP contribution < -0.4 is 5.32 Å². The highest BCUT2D eigenvalue weighted by Gasteiger charge is 2.26. The van der Waals surface area contributed by atoms with Gasteiger partial charge in [0, 0.05) is 35.6 Å². The van der Waals surface area contributed by atoms with Crippen LogP contribution in [0.3, 0.4) is 0 Å². The van der Waals surface area contributed by atoms with E-state index in [9.17, 15) is 19.1 Å². The van der Waals surface area contributed by atoms with E-state index in [0.29, 0.717) is 41.4 Å². The fourth-order valence-corrected chi connectivity index (χ4v) is 5.26. The number of thioether (sulfide) groups is 1. The van der Waals surface area contributed by atoms with E-state index in [0.717, 1.165) is 17.8 Å². The number of carbonyl (C=O) groups is 2. The third kappa shape index (κ3) is 5.54. The Morgan fingerprint density at radius 3 is 2.64 bits per heavy atom. The molecule has 0 radical (unpaired) electrons. The maximum Gasteiger partial charge on any atom is 0.275 e. The van der Waals surface area contributed by atoms with Gasteiger partial charge in [0.25, 0.3) is 5.91 Å². The van der Waals surface area contributed by atoms with E-state index >= 15 is 0 Å². The molecule has 0 atom stereocenters. The molecule has 2 N–H and O–H groups in total. The van der Waals surface area contributed by atoms with Gasteiger partial charge in [0.2, 0.25) is 5.91 Å². The van der Waals surface area contributed by atoms with Gasteiger partial charge in [-0.3, -0.25) is 9.59 Å². The van der Waals surface area contributed by atoms with Crippen molar-refractivity contribution < 1.29 is 19.1 Å². The monoisotopic (exact) mass is 485 g/mol. The molecule has 3 aromatic rings. The summed E-state index contributed by atoms with van der Waals surface area (Å²) in [5, 5.41) is 15.0. The molecule has 1 aliphatic heterocycles. The predicted molar refractivity (Wildman–Crippen MR) is 131 cm³/mol. The maximum absolute atomic E-state index is 13.9. The van der Waals surface area contributed by atoms with Crippen molar-refractivity contribution in [2.75, 3.05) is 30.4 Å². The number of hydrogen-bond donors (Lipinski definition) is 2. The fourth-order valence-electron chi connectivity index (χ4n) is 3.86. The van der Waals surface area contributed by atoms with Crippen molar-refractivity contribution in [2.45, 2.75) is 18.8 Å². The molecule has 0 spiro atoms. The van der Waals surface area contributed by atoms with Crippen LogP contribution in [0.5, 0.6) is 5.75 Å². The minimum absolute atomic E-state index is 0.107. The van der Waals surface area contributed by atoms with Crippen LogP contribution in [0.4, 0.5) is 10.1 Å². The number of amides is 2. The molecular formula is C24H24FN3O3S2. The van der Waals surface area contributed by atoms with E-state index < -0.39 is 5.82 Å². The lowest BCUT2D eigenvalue weighted by atomic mass is 9.97. The molecule has 9 heteroatoms. The second-order valence-corrected chi connectivity index (χ2v) is 9.61. The molecule has 4 rings (SSSR count). The van der Waals surface area contributed by atoms with Crippen molar-refractivity contribution in [2.24, 2.45) is 0 Å². The molecule has 1 aliphatic rings. The number of rotatable bonds is 6. The van der Waals surface area contributed by atoms with Crippen molar-refractivity contribution in [3.05, 3.63) is 64.4 Å². The van der Waals surface area contributed by atoms with E-state index in [1.54, 1.807) is 17.5 Å². The van der Waals surface area contributed by atoms with Gasteiger partial charge in [0.1, 0.15) is 17.3 Å². The summed E-state index contributed by atoms with van der Waals surface area (Å²) < 4.78 is 13.9. The summed E-state index contributed by atoms with van der Waals surface area (Å²) in [6, 6.07) is 10.5. The molecule has 2 amide bonds. The van der Waals surface area contributed by atoms with Crippen LogP contribution >= 0.6 is 23.1 Å². The second kappa shape index (κ2) is 10.4. The molecule has 0 unspecified atom stereocenters. The first-order valence-corrected chi connectivity index (χ1v) is 12.8. The van der Waals surface area contributed by atoms with Crippen LogP contribution in [-0.2, 0) is 4.79 Å². The Labute approximate surface area is 199 Å². The van der Waals surface area contributed by atoms with Gasteiger partial charge in [-0.1, -0.05) is 12.1 Å². The minimum Gasteiger partial charge on any atom is -0.508 e. The Morgan fingerprint density at radius 2 is 1.94 bits per heavy atom. The number of anilines is 1. The van der Waals surface area contributed by atoms with Crippen LogP contribution in [-0.4, -0.2) is 51.9 Å². The first-order valence-electron chi connectivity index (χ1n) is 10.6. The van der Waals surface area contributed by atoms with Gasteiger partial charge < -0.3 is 15.3 Å². The summed E-state index contributed by atoms with van der Waals surface area (Å²) in [5.41, 5.74) is 1.96. The number of hydrogen-bond acceptors (Lipinski definition) is 6. The summed E-state index contributed by atoms with van der Waals surface area (Å²) in [4.78, 5) is 31.4. The number of thiazole rings is 1. The number of nitrogens with zero attached hydrogens (tertiary/aromatic N) is 2. The number of likely N-dealkylation sites (tertiary alicyclic amines) is 1. The van der Waals surface area contributed by atoms with Crippen molar-refractivity contribution >= 4 is 40.6 Å². The number of carbonyl (C=O) groups excluding carboxylic acids is 2. The topological polar surface area (TPSA) is 82.5 Å². The molecule has 172 valence electrons. The first-order chi connectivity index (χ1) is 15.9. The Balaban J connectivity index is 1.45. The normalized spacial score (nSPS) is 14.3. The van der Waals surface area contributed by atoms with Gasteiger partial charge >= 0.3 is 0 Å². The fraction of sp³-hybridized carbons (Fsp3) is 0.292. The van der Waals surface area contributed by atoms with Crippen molar-refractivity contribution in [1.82, 2.24) is 9.88 Å². The molecule has 1 aromatic heterocycles. The quantitative estimate of drug-likeness (QED) is 0.515. The molecule has 1 saturated heterocycles. The third-order valence-electron chi connectivity index (χ3n) is 5.63. The molecule has 0 bridgehead atoms. The number of nitrogens with one attached hydrogen (secondary N) is 1. The average Bonchev–Trinajstić information content (AvgIpc) is 3.32. The lowest BCUT2D eigenvalue weighted by molar-refractivity contribution is -0.129. The molecule has 2 aromatic carbocycles. The number of phenols is 1. The van der Waals surface area contributed by atoms with Crippen molar-refractivity contribution in [1.29, 1.82) is 0 Å². The van der Waals surface area contributed by atoms with Crippen molar-refractivity contribution in [3.63, 3.8) is 0 Å². The standard InChI is InChI=1S/C24H24FN3O3S2/c1-32-14-22(30)28-10-8-16(9-11-28)24-27-21(13-33-24)23(31)26-20-7-4-17(25)12-19(20)15-2-5-18(29)6-3-15/h2-7,12-13,16,29H,8-11,14H2,1H3,(H,26,31). The zero-order chi connectivity index (χ0) is 23.4. The molecule has 6 nitrogen and oxygen atoms in total. The smallest absolute Gasteiger partial charge is 0.275 e. The van der Waals surface area contributed by atoms with Crippen LogP contribution in [0.1, 0.15) is 34.3 Å². The van der Waals surface area contributed by atoms with Gasteiger partial charge in [-0.05, 0) is 55.0 Å². The highest BCUT2D eigenvalue weighted by Crippen LogP contribution is 2.32. The Bertz CT molecular complexity index is 1140. The van der Waals surface area contributed by atoms with Crippen molar-refractivity contribution in [3.8, 4) is 16.9 Å². The average molecular weight is 486 g/mol. The van der Waals surface area contributed by atoms with Gasteiger partial charge in [0.15, 0.2) is 0 Å². The Hall–Kier alpha value is -2.91. The molecule has 0 saturated carbocycles. The van der Waals surface area contributed by atoms with E-state index in [1.807, 2.05) is 11.2 Å². The predicted octanol–water partition coefficient (Wildman–Crippen LogP) is 4.98. The largest absolute Gasteiger partial charge is 0.508 e. The molecule has 33 heavy (non-hydrogen) atoms. The van der Waals surface area contributed by atoms with Gasteiger partial charge in [0.05, 0.1) is 10.8 Å². The number of aromatic nitrogens is 1. The van der Waals surface area contributed by atoms with Crippen LogP contribution in [0, 0.1) is 5.82 Å². The molecular weight excluding hydrogens is 461 g/mol. The van der Waals surface area contributed by atoms with Crippen LogP contribution in [0.2, 0.25) is 0 Å². The van der Waals surface area contributed by atoms with E-state index in [1.165, 1.54) is 53.4 Å². The Kier molecular flexibility index (Phi) is 7.29. The Morgan fingerprint density at radius 1 is 1.21 bits per heavy atom. The highest BCUT2D eigenvalue weighted by molar-refractivity contribution is 7.99. The van der Waals surface area contributed by atoms with Gasteiger partial charge in [-0.15, -0.1) is 11.3 Å². The lowest BCUT2D eigenvalue weighted by Gasteiger charge is -2.31. The van der Waals surface area contributed by atoms with E-state index in [-0.39, 0.29) is 23.5 Å². The number of phenolic OH excluding ortho intramolecular Hbond substituents is 1. The maximum atomic E-state index is 13.9. The second-order valence-electron chi connectivity index (χ2n) is 7.85. The SMILES string of the molecule is CSCC(=O)N1CCC(c2nc(C(=O)Nc3ccc(F)cc3-c3ccc(O)cc3)cs2)CC1. The summed E-state index contributed by atoms with van der Waals surface area (Å²) in [5.74, 6) is 0.223. The molecule has 1 fully saturated rings.